The van der Waals surface area contributed by atoms with E-state index in [1.165, 1.54) is 11.1 Å². The Hall–Kier alpha value is -1.85. The Morgan fingerprint density at radius 1 is 1.58 bits per heavy atom. The van der Waals surface area contributed by atoms with Crippen LogP contribution in [0.1, 0.15) is 5.69 Å². The van der Waals surface area contributed by atoms with Gasteiger partial charge in [0.15, 0.2) is 12.2 Å². The van der Waals surface area contributed by atoms with E-state index < -0.39 is 0 Å². The average Bonchev–Trinajstić information content (AvgIpc) is 2.64. The van der Waals surface area contributed by atoms with Crippen molar-refractivity contribution in [2.45, 2.75) is 6.92 Å². The van der Waals surface area contributed by atoms with Gasteiger partial charge in [-0.2, -0.15) is 4.68 Å². The van der Waals surface area contributed by atoms with Gasteiger partial charge in [-0.05, 0) is 6.92 Å². The highest BCUT2D eigenvalue weighted by atomic mass is 16.4. The maximum absolute atomic E-state index is 5.49. The van der Waals surface area contributed by atoms with Crippen molar-refractivity contribution in [1.29, 1.82) is 0 Å². The molecule has 0 bridgehead atoms. The van der Waals surface area contributed by atoms with E-state index >= 15 is 0 Å². The van der Waals surface area contributed by atoms with Gasteiger partial charge in [-0.25, -0.2) is 4.98 Å². The molecule has 0 aliphatic rings. The van der Waals surface area contributed by atoms with Crippen molar-refractivity contribution < 1.29 is 4.42 Å². The number of hydrogen-bond acceptors (Lipinski definition) is 5. The summed E-state index contributed by atoms with van der Waals surface area (Å²) in [5, 5.41) is 7.44. The van der Waals surface area contributed by atoms with Gasteiger partial charge in [-0.15, -0.1) is 5.10 Å². The Morgan fingerprint density at radius 3 is 2.92 bits per heavy atom. The van der Waals surface area contributed by atoms with E-state index in [9.17, 15) is 0 Å². The lowest BCUT2D eigenvalue weighted by atomic mass is 10.5. The van der Waals surface area contributed by atoms with Crippen molar-refractivity contribution in [3.8, 4) is 5.88 Å². The highest BCUT2D eigenvalue weighted by Gasteiger charge is 2.08. The zero-order valence-electron chi connectivity index (χ0n) is 6.43. The van der Waals surface area contributed by atoms with Gasteiger partial charge >= 0.3 is 0 Å². The molecule has 0 radical (unpaired) electrons. The molecule has 0 aromatic carbocycles. The van der Waals surface area contributed by atoms with Crippen LogP contribution in [0.4, 0.5) is 5.82 Å². The van der Waals surface area contributed by atoms with E-state index in [2.05, 4.69) is 15.3 Å². The smallest absolute Gasteiger partial charge is 0.242 e. The lowest BCUT2D eigenvalue weighted by Gasteiger charge is -1.94. The largest absolute Gasteiger partial charge is 0.426 e. The summed E-state index contributed by atoms with van der Waals surface area (Å²) in [6, 6.07) is 0. The molecule has 0 aliphatic heterocycles. The molecular formula is C6H7N5O. The van der Waals surface area contributed by atoms with Crippen molar-refractivity contribution in [3.05, 3.63) is 18.3 Å². The molecule has 0 aliphatic carbocycles. The quantitative estimate of drug-likeness (QED) is 0.650. The van der Waals surface area contributed by atoms with E-state index in [0.29, 0.717) is 11.7 Å². The van der Waals surface area contributed by atoms with Crippen LogP contribution in [0.3, 0.4) is 0 Å². The van der Waals surface area contributed by atoms with Crippen molar-refractivity contribution in [3.63, 3.8) is 0 Å². The number of hydrogen-bond donors (Lipinski definition) is 1. The maximum Gasteiger partial charge on any atom is 0.242 e. The van der Waals surface area contributed by atoms with Gasteiger partial charge in [0.2, 0.25) is 5.88 Å². The molecule has 12 heavy (non-hydrogen) atoms. The average molecular weight is 165 g/mol. The molecule has 62 valence electrons. The number of nitrogen functional groups attached to an aromatic ring is 1. The Bertz CT molecular complexity index is 377. The molecule has 0 spiro atoms. The summed E-state index contributed by atoms with van der Waals surface area (Å²) < 4.78 is 6.50. The predicted octanol–water partition coefficient (Wildman–Crippen LogP) is 0.146. The molecule has 6 heteroatoms. The van der Waals surface area contributed by atoms with E-state index in [4.69, 9.17) is 10.2 Å². The molecule has 0 saturated heterocycles. The van der Waals surface area contributed by atoms with Gasteiger partial charge in [-0.1, -0.05) is 5.21 Å². The zero-order valence-corrected chi connectivity index (χ0v) is 6.43. The van der Waals surface area contributed by atoms with Crippen LogP contribution in [0.15, 0.2) is 17.0 Å². The van der Waals surface area contributed by atoms with E-state index in [-0.39, 0.29) is 0 Å². The second-order valence-corrected chi connectivity index (χ2v) is 2.31. The third-order valence-electron chi connectivity index (χ3n) is 1.56. The number of oxazole rings is 1. The van der Waals surface area contributed by atoms with Gasteiger partial charge in [-0.3, -0.25) is 0 Å². The van der Waals surface area contributed by atoms with E-state index in [1.54, 1.807) is 13.1 Å². The molecule has 0 amide bonds. The normalized spacial score (nSPS) is 10.4. The van der Waals surface area contributed by atoms with Crippen LogP contribution in [0, 0.1) is 6.92 Å². The third-order valence-corrected chi connectivity index (χ3v) is 1.56. The van der Waals surface area contributed by atoms with Gasteiger partial charge in [0.05, 0.1) is 11.9 Å². The Balaban J connectivity index is 2.55. The van der Waals surface area contributed by atoms with Crippen LogP contribution in [0.2, 0.25) is 0 Å². The number of nitrogens with zero attached hydrogens (tertiary/aromatic N) is 4. The van der Waals surface area contributed by atoms with Crippen molar-refractivity contribution in [2.24, 2.45) is 0 Å². The van der Waals surface area contributed by atoms with Gasteiger partial charge in [0, 0.05) is 0 Å². The first-order chi connectivity index (χ1) is 5.79. The number of rotatable bonds is 1. The number of nitrogens with two attached hydrogens (primary N) is 1. The molecule has 2 aromatic rings. The lowest BCUT2D eigenvalue weighted by Crippen LogP contribution is -1.97. The predicted molar refractivity (Wildman–Crippen MR) is 40.6 cm³/mol. The van der Waals surface area contributed by atoms with Crippen LogP contribution in [-0.2, 0) is 0 Å². The van der Waals surface area contributed by atoms with Gasteiger partial charge < -0.3 is 10.2 Å². The second kappa shape index (κ2) is 2.33. The molecule has 2 aromatic heterocycles. The minimum absolute atomic E-state index is 0.395. The fourth-order valence-electron chi connectivity index (χ4n) is 0.864. The summed E-state index contributed by atoms with van der Waals surface area (Å²) in [5.41, 5.74) is 6.23. The summed E-state index contributed by atoms with van der Waals surface area (Å²) in [6.45, 7) is 1.80. The minimum atomic E-state index is 0.395. The van der Waals surface area contributed by atoms with Crippen molar-refractivity contribution in [1.82, 2.24) is 20.0 Å². The fourth-order valence-corrected chi connectivity index (χ4v) is 0.864. The molecular weight excluding hydrogens is 158 g/mol. The molecule has 0 fully saturated rings. The summed E-state index contributed by atoms with van der Waals surface area (Å²) in [7, 11) is 0. The first-order valence-corrected chi connectivity index (χ1v) is 3.35. The molecule has 6 nitrogen and oxygen atoms in total. The Morgan fingerprint density at radius 2 is 2.42 bits per heavy atom. The number of aromatic nitrogens is 4. The standard InChI is InChI=1S/C6H7N5O/c1-4-6(7)9-10-11(4)5-2-8-3-12-5/h2-3H,7H2,1H3. The maximum atomic E-state index is 5.49. The van der Waals surface area contributed by atoms with Crippen LogP contribution in [0.25, 0.3) is 5.88 Å². The fraction of sp³-hybridized carbons (Fsp3) is 0.167. The molecule has 2 rings (SSSR count). The SMILES string of the molecule is Cc1c(N)nnn1-c1cnco1. The molecule has 0 saturated carbocycles. The molecule has 2 heterocycles. The summed E-state index contributed by atoms with van der Waals surface area (Å²) in [4.78, 5) is 3.75. The molecule has 0 atom stereocenters. The minimum Gasteiger partial charge on any atom is -0.426 e. The van der Waals surface area contributed by atoms with Crippen LogP contribution in [0.5, 0.6) is 0 Å². The summed E-state index contributed by atoms with van der Waals surface area (Å²) >= 11 is 0. The first-order valence-electron chi connectivity index (χ1n) is 3.35. The third kappa shape index (κ3) is 0.849. The molecule has 2 N–H and O–H groups in total. The zero-order chi connectivity index (χ0) is 8.55. The Kier molecular flexibility index (Phi) is 1.33. The molecule has 0 unspecified atom stereocenters. The van der Waals surface area contributed by atoms with Crippen molar-refractivity contribution >= 4 is 5.82 Å². The second-order valence-electron chi connectivity index (χ2n) is 2.31. The van der Waals surface area contributed by atoms with Crippen LogP contribution >= 0.6 is 0 Å². The van der Waals surface area contributed by atoms with E-state index in [1.807, 2.05) is 0 Å². The van der Waals surface area contributed by atoms with E-state index in [0.717, 1.165) is 5.69 Å². The first kappa shape index (κ1) is 6.84. The van der Waals surface area contributed by atoms with Gasteiger partial charge in [0.25, 0.3) is 0 Å². The summed E-state index contributed by atoms with van der Waals surface area (Å²) in [6.07, 6.45) is 2.87. The summed E-state index contributed by atoms with van der Waals surface area (Å²) in [5.74, 6) is 0.906. The van der Waals surface area contributed by atoms with Gasteiger partial charge in [0.1, 0.15) is 0 Å². The lowest BCUT2D eigenvalue weighted by molar-refractivity contribution is 0.508. The Labute approximate surface area is 68.0 Å². The highest BCUT2D eigenvalue weighted by molar-refractivity contribution is 5.34. The van der Waals surface area contributed by atoms with Crippen LogP contribution in [-0.4, -0.2) is 20.0 Å². The highest BCUT2D eigenvalue weighted by Crippen LogP contribution is 2.11. The topological polar surface area (TPSA) is 82.8 Å². The van der Waals surface area contributed by atoms with Crippen LogP contribution < -0.4 is 5.73 Å². The monoisotopic (exact) mass is 165 g/mol. The van der Waals surface area contributed by atoms with Crippen molar-refractivity contribution in [2.75, 3.05) is 5.73 Å². The number of anilines is 1.